The van der Waals surface area contributed by atoms with Crippen LogP contribution in [0.25, 0.3) is 10.9 Å². The lowest BCUT2D eigenvalue weighted by Crippen LogP contribution is -2.47. The summed E-state index contributed by atoms with van der Waals surface area (Å²) < 4.78 is 0. The van der Waals surface area contributed by atoms with Gasteiger partial charge in [-0.15, -0.1) is 0 Å². The van der Waals surface area contributed by atoms with Crippen molar-refractivity contribution in [2.24, 2.45) is 0 Å². The number of aryl methyl sites for hydroxylation is 1. The number of H-pyrrole nitrogens is 1. The van der Waals surface area contributed by atoms with Gasteiger partial charge in [-0.25, -0.2) is 4.79 Å². The third-order valence-electron chi connectivity index (χ3n) is 3.53. The SMILES string of the molecule is Cc1cc2[nH]c(CNC(=O)N3CCC3)cc2cc1Cl. The van der Waals surface area contributed by atoms with E-state index in [1.165, 1.54) is 0 Å². The Labute approximate surface area is 116 Å². The number of carbonyl (C=O) groups excluding carboxylic acids is 1. The molecule has 0 aliphatic carbocycles. The minimum Gasteiger partial charge on any atom is -0.357 e. The van der Waals surface area contributed by atoms with Gasteiger partial charge >= 0.3 is 6.03 Å². The number of hydrogen-bond acceptors (Lipinski definition) is 1. The van der Waals surface area contributed by atoms with E-state index in [0.29, 0.717) is 6.54 Å². The maximum absolute atomic E-state index is 11.7. The molecule has 0 atom stereocenters. The molecule has 0 saturated carbocycles. The first-order valence-corrected chi connectivity index (χ1v) is 6.82. The fourth-order valence-corrected chi connectivity index (χ4v) is 2.39. The van der Waals surface area contributed by atoms with Gasteiger partial charge in [0.25, 0.3) is 0 Å². The molecule has 2 heterocycles. The molecule has 0 spiro atoms. The molecule has 1 aliphatic rings. The highest BCUT2D eigenvalue weighted by Gasteiger charge is 2.19. The molecule has 2 amide bonds. The molecule has 4 nitrogen and oxygen atoms in total. The van der Waals surface area contributed by atoms with Crippen molar-refractivity contribution in [3.8, 4) is 0 Å². The van der Waals surface area contributed by atoms with Crippen LogP contribution in [0.2, 0.25) is 5.02 Å². The number of hydrogen-bond donors (Lipinski definition) is 2. The molecule has 1 aliphatic heterocycles. The van der Waals surface area contributed by atoms with Crippen LogP contribution in [-0.4, -0.2) is 29.0 Å². The molecule has 1 aromatic carbocycles. The van der Waals surface area contributed by atoms with E-state index in [9.17, 15) is 4.79 Å². The largest absolute Gasteiger partial charge is 0.357 e. The number of nitrogens with one attached hydrogen (secondary N) is 2. The molecule has 1 aromatic heterocycles. The van der Waals surface area contributed by atoms with E-state index in [1.807, 2.05) is 30.0 Å². The maximum atomic E-state index is 11.7. The summed E-state index contributed by atoms with van der Waals surface area (Å²) in [5.41, 5.74) is 3.09. The van der Waals surface area contributed by atoms with Gasteiger partial charge in [0.15, 0.2) is 0 Å². The van der Waals surface area contributed by atoms with E-state index in [-0.39, 0.29) is 6.03 Å². The highest BCUT2D eigenvalue weighted by molar-refractivity contribution is 6.32. The third-order valence-corrected chi connectivity index (χ3v) is 3.94. The second kappa shape index (κ2) is 4.78. The van der Waals surface area contributed by atoms with Gasteiger partial charge in [-0.3, -0.25) is 0 Å². The van der Waals surface area contributed by atoms with E-state index < -0.39 is 0 Å². The Hall–Kier alpha value is -1.68. The minimum absolute atomic E-state index is 0.0131. The van der Waals surface area contributed by atoms with E-state index in [0.717, 1.165) is 46.7 Å². The first-order chi connectivity index (χ1) is 9.13. The summed E-state index contributed by atoms with van der Waals surface area (Å²) in [5.74, 6) is 0. The number of halogens is 1. The molecule has 0 unspecified atom stereocenters. The Kier molecular flexibility index (Phi) is 3.11. The Balaban J connectivity index is 1.72. The van der Waals surface area contributed by atoms with Crippen molar-refractivity contribution < 1.29 is 4.79 Å². The summed E-state index contributed by atoms with van der Waals surface area (Å²) in [6.07, 6.45) is 1.11. The third kappa shape index (κ3) is 2.40. The average Bonchev–Trinajstić information content (AvgIpc) is 2.67. The highest BCUT2D eigenvalue weighted by Crippen LogP contribution is 2.23. The smallest absolute Gasteiger partial charge is 0.317 e. The molecule has 0 radical (unpaired) electrons. The number of rotatable bonds is 2. The Bertz CT molecular complexity index is 592. The number of nitrogens with zero attached hydrogens (tertiary/aromatic N) is 1. The lowest BCUT2D eigenvalue weighted by Gasteiger charge is -2.30. The minimum atomic E-state index is 0.0131. The van der Waals surface area contributed by atoms with Gasteiger partial charge in [-0.05, 0) is 37.1 Å². The monoisotopic (exact) mass is 277 g/mol. The number of benzene rings is 1. The van der Waals surface area contributed by atoms with E-state index in [2.05, 4.69) is 10.3 Å². The summed E-state index contributed by atoms with van der Waals surface area (Å²) in [6, 6.07) is 6.01. The molecule has 3 rings (SSSR count). The predicted molar refractivity (Wildman–Crippen MR) is 76.5 cm³/mol. The first-order valence-electron chi connectivity index (χ1n) is 6.44. The van der Waals surface area contributed by atoms with Crippen molar-refractivity contribution >= 4 is 28.5 Å². The van der Waals surface area contributed by atoms with Crippen molar-refractivity contribution in [3.05, 3.63) is 34.5 Å². The molecule has 100 valence electrons. The summed E-state index contributed by atoms with van der Waals surface area (Å²) in [7, 11) is 0. The van der Waals surface area contributed by atoms with Gasteiger partial charge < -0.3 is 15.2 Å². The number of fused-ring (bicyclic) bond motifs is 1. The zero-order valence-corrected chi connectivity index (χ0v) is 11.5. The Morgan fingerprint density at radius 1 is 1.42 bits per heavy atom. The van der Waals surface area contributed by atoms with Gasteiger partial charge in [0.1, 0.15) is 0 Å². The fraction of sp³-hybridized carbons (Fsp3) is 0.357. The molecule has 1 fully saturated rings. The zero-order chi connectivity index (χ0) is 13.4. The first kappa shape index (κ1) is 12.4. The van der Waals surface area contributed by atoms with Crippen molar-refractivity contribution in [2.75, 3.05) is 13.1 Å². The summed E-state index contributed by atoms with van der Waals surface area (Å²) in [5, 5.41) is 4.75. The van der Waals surface area contributed by atoms with Gasteiger partial charge in [0.2, 0.25) is 0 Å². The Morgan fingerprint density at radius 3 is 2.89 bits per heavy atom. The van der Waals surface area contributed by atoms with Crippen LogP contribution in [0.4, 0.5) is 4.79 Å². The van der Waals surface area contributed by atoms with Crippen LogP contribution in [0.5, 0.6) is 0 Å². The van der Waals surface area contributed by atoms with E-state index >= 15 is 0 Å². The second-order valence-corrected chi connectivity index (χ2v) is 5.39. The van der Waals surface area contributed by atoms with Gasteiger partial charge in [0, 0.05) is 34.7 Å². The molecule has 1 saturated heterocycles. The van der Waals surface area contributed by atoms with E-state index in [1.54, 1.807) is 0 Å². The van der Waals surface area contributed by atoms with Gasteiger partial charge in [0.05, 0.1) is 6.54 Å². The molecular formula is C14H16ClN3O. The summed E-state index contributed by atoms with van der Waals surface area (Å²) in [6.45, 7) is 4.23. The van der Waals surface area contributed by atoms with Crippen LogP contribution in [-0.2, 0) is 6.54 Å². The molecular weight excluding hydrogens is 262 g/mol. The second-order valence-electron chi connectivity index (χ2n) is 4.98. The number of amides is 2. The standard InChI is InChI=1S/C14H16ClN3O/c1-9-5-13-10(7-12(9)15)6-11(17-13)8-16-14(19)18-3-2-4-18/h5-7,17H,2-4,8H2,1H3,(H,16,19). The van der Waals surface area contributed by atoms with E-state index in [4.69, 9.17) is 11.6 Å². The lowest BCUT2D eigenvalue weighted by molar-refractivity contribution is 0.167. The quantitative estimate of drug-likeness (QED) is 0.871. The van der Waals surface area contributed by atoms with Crippen molar-refractivity contribution in [2.45, 2.75) is 19.9 Å². The van der Waals surface area contributed by atoms with Crippen LogP contribution in [0.3, 0.4) is 0 Å². The number of aromatic amines is 1. The highest BCUT2D eigenvalue weighted by atomic mass is 35.5. The van der Waals surface area contributed by atoms with Gasteiger partial charge in [-0.1, -0.05) is 11.6 Å². The van der Waals surface area contributed by atoms with Crippen molar-refractivity contribution in [1.82, 2.24) is 15.2 Å². The topological polar surface area (TPSA) is 48.1 Å². The maximum Gasteiger partial charge on any atom is 0.317 e. The molecule has 19 heavy (non-hydrogen) atoms. The van der Waals surface area contributed by atoms with Crippen molar-refractivity contribution in [1.29, 1.82) is 0 Å². The van der Waals surface area contributed by atoms with Crippen molar-refractivity contribution in [3.63, 3.8) is 0 Å². The summed E-state index contributed by atoms with van der Waals surface area (Å²) in [4.78, 5) is 16.8. The van der Waals surface area contributed by atoms with Crippen LogP contribution >= 0.6 is 11.6 Å². The normalized spacial score (nSPS) is 14.5. The van der Waals surface area contributed by atoms with Crippen LogP contribution in [0.1, 0.15) is 17.7 Å². The predicted octanol–water partition coefficient (Wildman–Crippen LogP) is 3.05. The number of aromatic nitrogens is 1. The lowest BCUT2D eigenvalue weighted by atomic mass is 10.2. The van der Waals surface area contributed by atoms with Crippen LogP contribution in [0, 0.1) is 6.92 Å². The zero-order valence-electron chi connectivity index (χ0n) is 10.8. The molecule has 2 N–H and O–H groups in total. The number of likely N-dealkylation sites (tertiary alicyclic amines) is 1. The van der Waals surface area contributed by atoms with Gasteiger partial charge in [-0.2, -0.15) is 0 Å². The molecule has 0 bridgehead atoms. The van der Waals surface area contributed by atoms with Crippen LogP contribution < -0.4 is 5.32 Å². The Morgan fingerprint density at radius 2 is 2.21 bits per heavy atom. The summed E-state index contributed by atoms with van der Waals surface area (Å²) >= 11 is 6.10. The number of carbonyl (C=O) groups is 1. The van der Waals surface area contributed by atoms with Crippen LogP contribution in [0.15, 0.2) is 18.2 Å². The fourth-order valence-electron chi connectivity index (χ4n) is 2.22. The average molecular weight is 278 g/mol. The number of urea groups is 1. The molecule has 5 heteroatoms. The molecule has 2 aromatic rings.